The van der Waals surface area contributed by atoms with Crippen LogP contribution in [0.4, 0.5) is 14.5 Å². The van der Waals surface area contributed by atoms with Gasteiger partial charge in [0, 0.05) is 17.4 Å². The van der Waals surface area contributed by atoms with E-state index in [1.54, 1.807) is 6.07 Å². The van der Waals surface area contributed by atoms with Crippen LogP contribution in [-0.4, -0.2) is 18.1 Å². The average molecular weight is 292 g/mol. The number of halogens is 2. The molecule has 4 nitrogen and oxygen atoms in total. The number of anilines is 1. The third-order valence-electron chi connectivity index (χ3n) is 3.09. The number of benzene rings is 1. The fourth-order valence-electron chi connectivity index (χ4n) is 1.99. The van der Waals surface area contributed by atoms with Crippen molar-refractivity contribution in [1.82, 2.24) is 4.98 Å². The Kier molecular flexibility index (Phi) is 4.16. The van der Waals surface area contributed by atoms with Gasteiger partial charge in [0.25, 0.3) is 0 Å². The molecule has 1 N–H and O–H groups in total. The first-order valence-corrected chi connectivity index (χ1v) is 6.19. The molecule has 0 aliphatic heterocycles. The predicted molar refractivity (Wildman–Crippen MR) is 73.6 cm³/mol. The van der Waals surface area contributed by atoms with Gasteiger partial charge in [-0.3, -0.25) is 4.98 Å². The first-order valence-electron chi connectivity index (χ1n) is 6.19. The fourth-order valence-corrected chi connectivity index (χ4v) is 1.99. The number of carbonyl (C=O) groups excluding carboxylic acids is 1. The van der Waals surface area contributed by atoms with Gasteiger partial charge in [-0.2, -0.15) is 0 Å². The number of esters is 1. The maximum Gasteiger partial charge on any atom is 0.335 e. The lowest BCUT2D eigenvalue weighted by Gasteiger charge is -2.29. The minimum absolute atomic E-state index is 0.276. The molecule has 0 saturated heterocycles. The molecule has 0 spiro atoms. The summed E-state index contributed by atoms with van der Waals surface area (Å²) >= 11 is 0. The lowest BCUT2D eigenvalue weighted by atomic mass is 9.93. The maximum atomic E-state index is 13.4. The van der Waals surface area contributed by atoms with Gasteiger partial charge in [-0.25, -0.2) is 13.6 Å². The second-order valence-corrected chi connectivity index (χ2v) is 4.64. The molecule has 0 bridgehead atoms. The van der Waals surface area contributed by atoms with E-state index in [1.807, 2.05) is 0 Å². The van der Waals surface area contributed by atoms with E-state index in [-0.39, 0.29) is 5.56 Å². The Hall–Kier alpha value is -2.50. The van der Waals surface area contributed by atoms with Crippen molar-refractivity contribution in [2.45, 2.75) is 12.5 Å². The van der Waals surface area contributed by atoms with Crippen molar-refractivity contribution in [3.8, 4) is 0 Å². The zero-order chi connectivity index (χ0) is 15.5. The monoisotopic (exact) mass is 292 g/mol. The molecule has 1 heterocycles. The molecule has 6 heteroatoms. The molecule has 2 aromatic rings. The number of nitrogens with one attached hydrogen (secondary N) is 1. The van der Waals surface area contributed by atoms with Crippen LogP contribution >= 0.6 is 0 Å². The molecular formula is C15H14F2N2O2. The van der Waals surface area contributed by atoms with Gasteiger partial charge < -0.3 is 10.1 Å². The third kappa shape index (κ3) is 3.16. The van der Waals surface area contributed by atoms with E-state index in [9.17, 15) is 13.6 Å². The van der Waals surface area contributed by atoms with Gasteiger partial charge >= 0.3 is 5.97 Å². The van der Waals surface area contributed by atoms with E-state index < -0.39 is 23.1 Å². The van der Waals surface area contributed by atoms with Gasteiger partial charge in [-0.05, 0) is 31.2 Å². The molecule has 0 aliphatic carbocycles. The summed E-state index contributed by atoms with van der Waals surface area (Å²) in [5, 5.41) is 2.87. The fraction of sp³-hybridized carbons (Fsp3) is 0.200. The minimum Gasteiger partial charge on any atom is -0.467 e. The van der Waals surface area contributed by atoms with Crippen molar-refractivity contribution in [3.05, 3.63) is 59.9 Å². The summed E-state index contributed by atoms with van der Waals surface area (Å²) < 4.78 is 31.4. The smallest absolute Gasteiger partial charge is 0.335 e. The molecule has 21 heavy (non-hydrogen) atoms. The first kappa shape index (κ1) is 14.9. The van der Waals surface area contributed by atoms with Gasteiger partial charge in [-0.15, -0.1) is 0 Å². The second kappa shape index (κ2) is 5.87. The molecule has 0 radical (unpaired) electrons. The van der Waals surface area contributed by atoms with Crippen molar-refractivity contribution in [1.29, 1.82) is 0 Å². The maximum absolute atomic E-state index is 13.4. The summed E-state index contributed by atoms with van der Waals surface area (Å²) in [6.07, 6.45) is 2.38. The van der Waals surface area contributed by atoms with E-state index in [0.29, 0.717) is 5.69 Å². The summed E-state index contributed by atoms with van der Waals surface area (Å²) in [6.45, 7) is 1.51. The van der Waals surface area contributed by atoms with Crippen molar-refractivity contribution < 1.29 is 18.3 Å². The molecule has 1 unspecified atom stereocenters. The quantitative estimate of drug-likeness (QED) is 0.880. The molecule has 0 fully saturated rings. The van der Waals surface area contributed by atoms with E-state index in [0.717, 1.165) is 6.20 Å². The molecule has 1 aromatic heterocycles. The highest BCUT2D eigenvalue weighted by molar-refractivity contribution is 5.85. The number of nitrogens with zero attached hydrogens (tertiary/aromatic N) is 1. The Morgan fingerprint density at radius 3 is 2.62 bits per heavy atom. The van der Waals surface area contributed by atoms with E-state index >= 15 is 0 Å². The van der Waals surface area contributed by atoms with Gasteiger partial charge in [0.2, 0.25) is 0 Å². The van der Waals surface area contributed by atoms with Crippen LogP contribution in [0.15, 0.2) is 42.7 Å². The van der Waals surface area contributed by atoms with Crippen LogP contribution in [0.3, 0.4) is 0 Å². The summed E-state index contributed by atoms with van der Waals surface area (Å²) in [6, 6.07) is 6.78. The van der Waals surface area contributed by atoms with Crippen LogP contribution in [0.2, 0.25) is 0 Å². The lowest BCUT2D eigenvalue weighted by Crippen LogP contribution is -2.41. The number of carbonyl (C=O) groups is 1. The van der Waals surface area contributed by atoms with Gasteiger partial charge in [0.05, 0.1) is 13.3 Å². The Morgan fingerprint density at radius 2 is 2.00 bits per heavy atom. The van der Waals surface area contributed by atoms with Gasteiger partial charge in [-0.1, -0.05) is 6.07 Å². The highest BCUT2D eigenvalue weighted by atomic mass is 19.1. The normalized spacial score (nSPS) is 13.3. The summed E-state index contributed by atoms with van der Waals surface area (Å²) in [4.78, 5) is 15.8. The van der Waals surface area contributed by atoms with Crippen LogP contribution in [0.5, 0.6) is 0 Å². The third-order valence-corrected chi connectivity index (χ3v) is 3.09. The first-order chi connectivity index (χ1) is 9.95. The molecule has 110 valence electrons. The largest absolute Gasteiger partial charge is 0.467 e. The molecule has 0 amide bonds. The van der Waals surface area contributed by atoms with E-state index in [4.69, 9.17) is 4.74 Å². The predicted octanol–water partition coefficient (Wildman–Crippen LogP) is 2.86. The van der Waals surface area contributed by atoms with Gasteiger partial charge in [0.1, 0.15) is 11.6 Å². The number of hydrogen-bond donors (Lipinski definition) is 1. The molecule has 0 aliphatic rings. The standard InChI is InChI=1S/C15H14F2N2O2/c1-15(14(20)21-2,10-6-12(17)9-18-8-10)19-13-5-3-4-11(16)7-13/h3-9,19H,1-2H3. The summed E-state index contributed by atoms with van der Waals surface area (Å²) in [5.41, 5.74) is -0.747. The highest BCUT2D eigenvalue weighted by Crippen LogP contribution is 2.28. The summed E-state index contributed by atoms with van der Waals surface area (Å²) in [7, 11) is 1.22. The average Bonchev–Trinajstić information content (AvgIpc) is 2.46. The topological polar surface area (TPSA) is 51.2 Å². The van der Waals surface area contributed by atoms with Crippen LogP contribution in [0.25, 0.3) is 0 Å². The Morgan fingerprint density at radius 1 is 1.24 bits per heavy atom. The Balaban J connectivity index is 2.45. The van der Waals surface area contributed by atoms with Crippen molar-refractivity contribution >= 4 is 11.7 Å². The zero-order valence-electron chi connectivity index (χ0n) is 11.6. The molecule has 1 aromatic carbocycles. The Labute approximate surface area is 120 Å². The number of hydrogen-bond acceptors (Lipinski definition) is 4. The molecular weight excluding hydrogens is 278 g/mol. The number of pyridine rings is 1. The van der Waals surface area contributed by atoms with E-state index in [1.165, 1.54) is 44.5 Å². The minimum atomic E-state index is -1.39. The lowest BCUT2D eigenvalue weighted by molar-refractivity contribution is -0.145. The molecule has 0 saturated carbocycles. The zero-order valence-corrected chi connectivity index (χ0v) is 11.6. The van der Waals surface area contributed by atoms with Crippen molar-refractivity contribution in [2.75, 3.05) is 12.4 Å². The van der Waals surface area contributed by atoms with Crippen LogP contribution in [-0.2, 0) is 15.1 Å². The number of methoxy groups -OCH3 is 1. The van der Waals surface area contributed by atoms with Crippen LogP contribution in [0.1, 0.15) is 12.5 Å². The van der Waals surface area contributed by atoms with Crippen LogP contribution in [0, 0.1) is 11.6 Å². The number of ether oxygens (including phenoxy) is 1. The SMILES string of the molecule is COC(=O)C(C)(Nc1cccc(F)c1)c1cncc(F)c1. The van der Waals surface area contributed by atoms with Crippen LogP contribution < -0.4 is 5.32 Å². The number of rotatable bonds is 4. The molecule has 2 rings (SSSR count). The van der Waals surface area contributed by atoms with E-state index in [2.05, 4.69) is 10.3 Å². The Bertz CT molecular complexity index is 664. The number of aromatic nitrogens is 1. The van der Waals surface area contributed by atoms with Crippen molar-refractivity contribution in [2.24, 2.45) is 0 Å². The summed E-state index contributed by atoms with van der Waals surface area (Å²) in [5.74, 6) is -1.67. The van der Waals surface area contributed by atoms with Crippen molar-refractivity contribution in [3.63, 3.8) is 0 Å². The van der Waals surface area contributed by atoms with Gasteiger partial charge in [0.15, 0.2) is 5.54 Å². The second-order valence-electron chi connectivity index (χ2n) is 4.64. The highest BCUT2D eigenvalue weighted by Gasteiger charge is 2.37. The molecule has 1 atom stereocenters.